The molecule has 1 aromatic carbocycles. The van der Waals surface area contributed by atoms with Crippen LogP contribution in [0.25, 0.3) is 0 Å². The van der Waals surface area contributed by atoms with E-state index in [1.54, 1.807) is 0 Å². The summed E-state index contributed by atoms with van der Waals surface area (Å²) in [5.41, 5.74) is 11.7. The summed E-state index contributed by atoms with van der Waals surface area (Å²) in [4.78, 5) is 57.3. The van der Waals surface area contributed by atoms with Crippen molar-refractivity contribution in [2.24, 2.45) is 11.5 Å². The molecule has 1 aromatic rings. The number of unbranched alkanes of at least 4 members (excludes halogenated alkanes) is 1. The predicted octanol–water partition coefficient (Wildman–Crippen LogP) is -1.09. The SMILES string of the molecule is NC(=O)C(CCCCNC(=O)CCC(N)C=O)NC(=O)C(Cc1ccccc1)NC=O. The number of nitrogens with one attached hydrogen (secondary N) is 3. The molecule has 1 rings (SSSR count). The molecule has 3 unspecified atom stereocenters. The second kappa shape index (κ2) is 14.7. The van der Waals surface area contributed by atoms with Crippen LogP contribution in [0, 0.1) is 0 Å². The Morgan fingerprint density at radius 2 is 1.71 bits per heavy atom. The normalized spacial score (nSPS) is 13.3. The lowest BCUT2D eigenvalue weighted by molar-refractivity contribution is -0.129. The Morgan fingerprint density at radius 1 is 1.00 bits per heavy atom. The fourth-order valence-electron chi connectivity index (χ4n) is 2.87. The summed E-state index contributed by atoms with van der Waals surface area (Å²) in [6.45, 7) is 0.387. The number of carbonyl (C=O) groups is 5. The van der Waals surface area contributed by atoms with Crippen LogP contribution in [0.3, 0.4) is 0 Å². The minimum absolute atomic E-state index is 0.159. The summed E-state index contributed by atoms with van der Waals surface area (Å²) in [6.07, 6.45) is 3.16. The molecule has 0 heterocycles. The molecule has 10 heteroatoms. The molecule has 3 atom stereocenters. The van der Waals surface area contributed by atoms with Crippen molar-refractivity contribution in [1.29, 1.82) is 0 Å². The minimum atomic E-state index is -0.888. The van der Waals surface area contributed by atoms with E-state index in [1.165, 1.54) is 0 Å². The molecule has 0 fully saturated rings. The Hall–Kier alpha value is -3.27. The standard InChI is InChI=1S/C21H31N5O5/c22-16(13-27)9-10-19(29)24-11-5-4-8-17(20(23)30)26-21(31)18(25-14-28)12-15-6-2-1-3-7-15/h1-3,6-7,13-14,16-18H,4-5,8-12,22H2,(H2,23,30)(H,24,29)(H,25,28)(H,26,31). The maximum atomic E-state index is 12.5. The summed E-state index contributed by atoms with van der Waals surface area (Å²) < 4.78 is 0. The van der Waals surface area contributed by atoms with Gasteiger partial charge in [-0.25, -0.2) is 0 Å². The van der Waals surface area contributed by atoms with Gasteiger partial charge in [0.05, 0.1) is 6.04 Å². The molecule has 0 aromatic heterocycles. The van der Waals surface area contributed by atoms with Gasteiger partial charge in [-0.2, -0.15) is 0 Å². The van der Waals surface area contributed by atoms with Gasteiger partial charge in [0.2, 0.25) is 24.1 Å². The smallest absolute Gasteiger partial charge is 0.243 e. The van der Waals surface area contributed by atoms with Gasteiger partial charge in [-0.05, 0) is 31.2 Å². The molecule has 7 N–H and O–H groups in total. The van der Waals surface area contributed by atoms with E-state index < -0.39 is 29.9 Å². The Balaban J connectivity index is 2.43. The van der Waals surface area contributed by atoms with Gasteiger partial charge in [-0.3, -0.25) is 19.2 Å². The highest BCUT2D eigenvalue weighted by molar-refractivity contribution is 5.90. The van der Waals surface area contributed by atoms with E-state index in [1.807, 2.05) is 30.3 Å². The van der Waals surface area contributed by atoms with Gasteiger partial charge in [0.1, 0.15) is 18.4 Å². The molecule has 0 saturated carbocycles. The van der Waals surface area contributed by atoms with Crippen LogP contribution in [0.4, 0.5) is 0 Å². The summed E-state index contributed by atoms with van der Waals surface area (Å²) >= 11 is 0. The molecular formula is C21H31N5O5. The van der Waals surface area contributed by atoms with Crippen LogP contribution >= 0.6 is 0 Å². The molecule has 0 saturated heterocycles. The summed E-state index contributed by atoms with van der Waals surface area (Å²) in [7, 11) is 0. The lowest BCUT2D eigenvalue weighted by Gasteiger charge is -2.20. The largest absolute Gasteiger partial charge is 0.368 e. The quantitative estimate of drug-likeness (QED) is 0.163. The van der Waals surface area contributed by atoms with Crippen LogP contribution < -0.4 is 27.4 Å². The van der Waals surface area contributed by atoms with Crippen molar-refractivity contribution < 1.29 is 24.0 Å². The number of benzene rings is 1. The van der Waals surface area contributed by atoms with Crippen LogP contribution in [0.5, 0.6) is 0 Å². The van der Waals surface area contributed by atoms with Gasteiger partial charge in [0.15, 0.2) is 0 Å². The first-order valence-electron chi connectivity index (χ1n) is 10.2. The third-order valence-electron chi connectivity index (χ3n) is 4.65. The molecular weight excluding hydrogens is 402 g/mol. The molecule has 170 valence electrons. The van der Waals surface area contributed by atoms with Crippen LogP contribution in [0.2, 0.25) is 0 Å². The van der Waals surface area contributed by atoms with Crippen LogP contribution in [0.1, 0.15) is 37.7 Å². The third-order valence-corrected chi connectivity index (χ3v) is 4.65. The second-order valence-corrected chi connectivity index (χ2v) is 7.17. The fourth-order valence-corrected chi connectivity index (χ4v) is 2.87. The van der Waals surface area contributed by atoms with Crippen LogP contribution in [-0.2, 0) is 30.4 Å². The topological polar surface area (TPSA) is 173 Å². The van der Waals surface area contributed by atoms with Crippen molar-refractivity contribution in [2.45, 2.75) is 56.7 Å². The zero-order valence-corrected chi connectivity index (χ0v) is 17.4. The van der Waals surface area contributed by atoms with Gasteiger partial charge in [0.25, 0.3) is 0 Å². The number of rotatable bonds is 16. The summed E-state index contributed by atoms with van der Waals surface area (Å²) in [6, 6.07) is 6.79. The van der Waals surface area contributed by atoms with Crippen LogP contribution in [-0.4, -0.2) is 55.1 Å². The predicted molar refractivity (Wildman–Crippen MR) is 114 cm³/mol. The lowest BCUT2D eigenvalue weighted by atomic mass is 10.0. The average molecular weight is 434 g/mol. The fraction of sp³-hybridized carbons (Fsp3) is 0.476. The van der Waals surface area contributed by atoms with E-state index in [0.717, 1.165) is 5.56 Å². The number of primary amides is 1. The van der Waals surface area contributed by atoms with Crippen molar-refractivity contribution in [2.75, 3.05) is 6.54 Å². The Morgan fingerprint density at radius 3 is 2.32 bits per heavy atom. The van der Waals surface area contributed by atoms with Gasteiger partial charge in [-0.1, -0.05) is 30.3 Å². The van der Waals surface area contributed by atoms with E-state index >= 15 is 0 Å². The highest BCUT2D eigenvalue weighted by Gasteiger charge is 2.24. The van der Waals surface area contributed by atoms with Gasteiger partial charge in [-0.15, -0.1) is 0 Å². The summed E-state index contributed by atoms with van der Waals surface area (Å²) in [5.74, 6) is -1.38. The molecule has 31 heavy (non-hydrogen) atoms. The first kappa shape index (κ1) is 25.8. The van der Waals surface area contributed by atoms with Crippen molar-refractivity contribution in [3.05, 3.63) is 35.9 Å². The monoisotopic (exact) mass is 433 g/mol. The van der Waals surface area contributed by atoms with Crippen molar-refractivity contribution in [3.8, 4) is 0 Å². The zero-order valence-electron chi connectivity index (χ0n) is 17.4. The molecule has 4 amide bonds. The number of hydrogen-bond acceptors (Lipinski definition) is 6. The maximum absolute atomic E-state index is 12.5. The molecule has 0 aliphatic rings. The first-order chi connectivity index (χ1) is 14.9. The average Bonchev–Trinajstić information content (AvgIpc) is 2.76. The van der Waals surface area contributed by atoms with Crippen LogP contribution in [0.15, 0.2) is 30.3 Å². The highest BCUT2D eigenvalue weighted by Crippen LogP contribution is 2.06. The Bertz CT molecular complexity index is 728. The number of amides is 4. The summed E-state index contributed by atoms with van der Waals surface area (Å²) in [5, 5.41) is 7.76. The zero-order chi connectivity index (χ0) is 23.1. The first-order valence-corrected chi connectivity index (χ1v) is 10.2. The molecule has 10 nitrogen and oxygen atoms in total. The number of hydrogen-bond donors (Lipinski definition) is 5. The van der Waals surface area contributed by atoms with E-state index in [2.05, 4.69) is 16.0 Å². The van der Waals surface area contributed by atoms with Crippen molar-refractivity contribution in [1.82, 2.24) is 16.0 Å². The molecule has 0 radical (unpaired) electrons. The van der Waals surface area contributed by atoms with Gasteiger partial charge in [0, 0.05) is 19.4 Å². The molecule has 0 bridgehead atoms. The third kappa shape index (κ3) is 10.9. The maximum Gasteiger partial charge on any atom is 0.243 e. The highest BCUT2D eigenvalue weighted by atomic mass is 16.2. The number of nitrogens with two attached hydrogens (primary N) is 2. The van der Waals surface area contributed by atoms with Crippen molar-refractivity contribution >= 4 is 30.4 Å². The van der Waals surface area contributed by atoms with E-state index in [9.17, 15) is 24.0 Å². The Kier molecular flexibility index (Phi) is 12.2. The van der Waals surface area contributed by atoms with Gasteiger partial charge >= 0.3 is 0 Å². The Labute approximate surface area is 181 Å². The molecule has 0 aliphatic heterocycles. The lowest BCUT2D eigenvalue weighted by Crippen LogP contribution is -2.52. The van der Waals surface area contributed by atoms with E-state index in [0.29, 0.717) is 38.5 Å². The number of aldehydes is 1. The van der Waals surface area contributed by atoms with Crippen molar-refractivity contribution in [3.63, 3.8) is 0 Å². The second-order valence-electron chi connectivity index (χ2n) is 7.17. The molecule has 0 spiro atoms. The van der Waals surface area contributed by atoms with Gasteiger partial charge < -0.3 is 32.2 Å². The van der Waals surface area contributed by atoms with E-state index in [4.69, 9.17) is 11.5 Å². The minimum Gasteiger partial charge on any atom is -0.368 e. The molecule has 0 aliphatic carbocycles. The van der Waals surface area contributed by atoms with E-state index in [-0.39, 0.29) is 25.2 Å². The number of carbonyl (C=O) groups excluding carboxylic acids is 5.